The first-order valence-electron chi connectivity index (χ1n) is 12.5. The van der Waals surface area contributed by atoms with Gasteiger partial charge in [-0.25, -0.2) is 4.98 Å². The van der Waals surface area contributed by atoms with Gasteiger partial charge in [0.05, 0.1) is 30.3 Å². The number of hydrogen-bond donors (Lipinski definition) is 2. The number of carbonyl (C=O) groups is 1. The molecular formula is C25H31N7O2. The minimum Gasteiger partial charge on any atom is -0.379 e. The highest BCUT2D eigenvalue weighted by Gasteiger charge is 2.35. The van der Waals surface area contributed by atoms with Crippen LogP contribution in [-0.4, -0.2) is 69.9 Å². The average Bonchev–Trinajstić information content (AvgIpc) is 3.60. The van der Waals surface area contributed by atoms with Crippen molar-refractivity contribution in [3.05, 3.63) is 41.7 Å². The number of amides is 1. The molecule has 6 rings (SSSR count). The van der Waals surface area contributed by atoms with Gasteiger partial charge in [-0.05, 0) is 37.4 Å². The number of aromatic nitrogens is 4. The van der Waals surface area contributed by atoms with Gasteiger partial charge in [0, 0.05) is 31.5 Å². The molecule has 1 atom stereocenters. The van der Waals surface area contributed by atoms with Crippen molar-refractivity contribution in [3.63, 3.8) is 0 Å². The highest BCUT2D eigenvalue weighted by atomic mass is 16.5. The Morgan fingerprint density at radius 1 is 1.12 bits per heavy atom. The average molecular weight is 462 g/mol. The third kappa shape index (κ3) is 4.14. The second-order valence-corrected chi connectivity index (χ2v) is 9.46. The molecule has 1 saturated heterocycles. The Kier molecular flexibility index (Phi) is 5.88. The Hall–Kier alpha value is -3.04. The fourth-order valence-corrected chi connectivity index (χ4v) is 5.41. The molecule has 34 heavy (non-hydrogen) atoms. The molecule has 1 unspecified atom stereocenters. The van der Waals surface area contributed by atoms with Gasteiger partial charge in [-0.3, -0.25) is 14.4 Å². The van der Waals surface area contributed by atoms with Crippen LogP contribution in [0.15, 0.2) is 30.5 Å². The van der Waals surface area contributed by atoms with Crippen LogP contribution >= 0.6 is 0 Å². The van der Waals surface area contributed by atoms with Crippen LogP contribution in [0.3, 0.4) is 0 Å². The van der Waals surface area contributed by atoms with Crippen molar-refractivity contribution in [2.75, 3.05) is 50.0 Å². The largest absolute Gasteiger partial charge is 0.379 e. The lowest BCUT2D eigenvalue weighted by Crippen LogP contribution is -2.37. The topological polar surface area (TPSA) is 97.2 Å². The van der Waals surface area contributed by atoms with Crippen LogP contribution in [0.5, 0.6) is 0 Å². The predicted molar refractivity (Wildman–Crippen MR) is 130 cm³/mol. The van der Waals surface area contributed by atoms with Crippen LogP contribution in [0, 0.1) is 0 Å². The number of anilines is 2. The summed E-state index contributed by atoms with van der Waals surface area (Å²) >= 11 is 0. The summed E-state index contributed by atoms with van der Waals surface area (Å²) in [7, 11) is 0. The molecule has 0 spiro atoms. The first-order chi connectivity index (χ1) is 16.8. The summed E-state index contributed by atoms with van der Waals surface area (Å²) in [5.41, 5.74) is 3.20. The maximum absolute atomic E-state index is 13.1. The fraction of sp³-hybridized carbons (Fsp3) is 0.520. The van der Waals surface area contributed by atoms with Crippen LogP contribution in [0.25, 0.3) is 11.0 Å². The van der Waals surface area contributed by atoms with E-state index in [1.165, 1.54) is 12.8 Å². The number of benzene rings is 1. The molecule has 1 amide bonds. The van der Waals surface area contributed by atoms with Gasteiger partial charge in [-0.15, -0.1) is 0 Å². The summed E-state index contributed by atoms with van der Waals surface area (Å²) in [5, 5.41) is 12.1. The van der Waals surface area contributed by atoms with Crippen LogP contribution in [0.4, 0.5) is 11.6 Å². The molecule has 1 saturated carbocycles. The smallest absolute Gasteiger partial charge is 0.238 e. The molecule has 0 bridgehead atoms. The van der Waals surface area contributed by atoms with E-state index in [1.54, 1.807) is 0 Å². The van der Waals surface area contributed by atoms with Crippen molar-refractivity contribution < 1.29 is 9.53 Å². The highest BCUT2D eigenvalue weighted by molar-refractivity contribution is 6.06. The molecule has 2 N–H and O–H groups in total. The number of rotatable bonds is 7. The molecule has 0 radical (unpaired) electrons. The van der Waals surface area contributed by atoms with E-state index < -0.39 is 5.92 Å². The van der Waals surface area contributed by atoms with Crippen LogP contribution in [0.1, 0.15) is 55.3 Å². The van der Waals surface area contributed by atoms with Crippen LogP contribution in [-0.2, 0) is 9.53 Å². The Morgan fingerprint density at radius 3 is 2.79 bits per heavy atom. The molecule has 3 aliphatic rings. The zero-order chi connectivity index (χ0) is 22.9. The summed E-state index contributed by atoms with van der Waals surface area (Å²) in [5.74, 6) is 0.0308. The maximum atomic E-state index is 13.1. The van der Waals surface area contributed by atoms with Crippen molar-refractivity contribution in [2.24, 2.45) is 0 Å². The molecule has 2 aromatic heterocycles. The number of nitrogens with one attached hydrogen (secondary N) is 2. The van der Waals surface area contributed by atoms with Crippen molar-refractivity contribution in [1.82, 2.24) is 24.6 Å². The minimum absolute atomic E-state index is 0.0481. The summed E-state index contributed by atoms with van der Waals surface area (Å²) in [4.78, 5) is 25.1. The lowest BCUT2D eigenvalue weighted by atomic mass is 9.95. The Bertz CT molecular complexity index is 1180. The van der Waals surface area contributed by atoms with Gasteiger partial charge in [-0.2, -0.15) is 10.1 Å². The lowest BCUT2D eigenvalue weighted by Gasteiger charge is -2.26. The normalized spacial score (nSPS) is 21.2. The molecule has 178 valence electrons. The van der Waals surface area contributed by atoms with E-state index in [0.717, 1.165) is 81.0 Å². The van der Waals surface area contributed by atoms with Crippen LogP contribution < -0.4 is 10.6 Å². The molecule has 4 heterocycles. The highest BCUT2D eigenvalue weighted by Crippen LogP contribution is 2.39. The lowest BCUT2D eigenvalue weighted by molar-refractivity contribution is -0.116. The quantitative estimate of drug-likeness (QED) is 0.522. The zero-order valence-corrected chi connectivity index (χ0v) is 19.4. The monoisotopic (exact) mass is 461 g/mol. The zero-order valence-electron chi connectivity index (χ0n) is 19.4. The molecule has 1 aromatic carbocycles. The first kappa shape index (κ1) is 21.5. The van der Waals surface area contributed by atoms with Gasteiger partial charge in [-0.1, -0.05) is 31.0 Å². The predicted octanol–water partition coefficient (Wildman–Crippen LogP) is 3.16. The van der Waals surface area contributed by atoms with Crippen molar-refractivity contribution in [1.29, 1.82) is 0 Å². The minimum atomic E-state index is -0.461. The van der Waals surface area contributed by atoms with E-state index in [1.807, 2.05) is 24.3 Å². The van der Waals surface area contributed by atoms with E-state index in [9.17, 15) is 4.79 Å². The number of hydrogen-bond acceptors (Lipinski definition) is 7. The van der Waals surface area contributed by atoms with Gasteiger partial charge in [0.2, 0.25) is 11.9 Å². The number of para-hydroxylation sites is 1. The molecular weight excluding hydrogens is 430 g/mol. The number of nitrogens with zero attached hydrogens (tertiary/aromatic N) is 5. The third-order valence-electron chi connectivity index (χ3n) is 7.23. The summed E-state index contributed by atoms with van der Waals surface area (Å²) in [6, 6.07) is 8.26. The van der Waals surface area contributed by atoms with Gasteiger partial charge < -0.3 is 15.4 Å². The van der Waals surface area contributed by atoms with Gasteiger partial charge >= 0.3 is 0 Å². The SMILES string of the molecule is O=C1Nc2ccccc2C1c1nc(NCCCN2CCOCC2)nc2nn(C3CCCC3)cc12. The van der Waals surface area contributed by atoms with E-state index >= 15 is 0 Å². The second kappa shape index (κ2) is 9.31. The molecule has 2 fully saturated rings. The van der Waals surface area contributed by atoms with Gasteiger partial charge in [0.1, 0.15) is 5.92 Å². The van der Waals surface area contributed by atoms with E-state index in [-0.39, 0.29) is 5.91 Å². The molecule has 9 heteroatoms. The van der Waals surface area contributed by atoms with E-state index in [2.05, 4.69) is 26.4 Å². The standard InChI is InChI=1S/C25H31N7O2/c33-24-21(18-8-3-4-9-20(18)27-24)22-19-16-32(17-6-1-2-7-17)30-23(19)29-25(28-22)26-10-5-11-31-12-14-34-15-13-31/h3-4,8-9,16-17,21H,1-2,5-7,10-15H2,(H,27,33)(H,26,29,30). The Balaban J connectivity index is 1.30. The third-order valence-corrected chi connectivity index (χ3v) is 7.23. The molecule has 2 aliphatic heterocycles. The van der Waals surface area contributed by atoms with E-state index in [4.69, 9.17) is 19.8 Å². The number of fused-ring (bicyclic) bond motifs is 2. The number of morpholine rings is 1. The van der Waals surface area contributed by atoms with Crippen LogP contribution in [0.2, 0.25) is 0 Å². The second-order valence-electron chi connectivity index (χ2n) is 9.46. The maximum Gasteiger partial charge on any atom is 0.238 e. The fourth-order valence-electron chi connectivity index (χ4n) is 5.41. The Morgan fingerprint density at radius 2 is 1.94 bits per heavy atom. The molecule has 1 aliphatic carbocycles. The summed E-state index contributed by atoms with van der Waals surface area (Å²) in [6.07, 6.45) is 7.77. The van der Waals surface area contributed by atoms with Crippen molar-refractivity contribution in [3.8, 4) is 0 Å². The molecule has 9 nitrogen and oxygen atoms in total. The number of ether oxygens (including phenoxy) is 1. The van der Waals surface area contributed by atoms with Gasteiger partial charge in [0.15, 0.2) is 5.65 Å². The summed E-state index contributed by atoms with van der Waals surface area (Å²) in [6.45, 7) is 5.37. The molecule has 3 aromatic rings. The van der Waals surface area contributed by atoms with E-state index in [0.29, 0.717) is 17.6 Å². The summed E-state index contributed by atoms with van der Waals surface area (Å²) < 4.78 is 7.48. The van der Waals surface area contributed by atoms with Crippen molar-refractivity contribution in [2.45, 2.75) is 44.1 Å². The Labute approximate surface area is 198 Å². The van der Waals surface area contributed by atoms with Crippen molar-refractivity contribution >= 4 is 28.6 Å². The number of carbonyl (C=O) groups excluding carboxylic acids is 1. The first-order valence-corrected chi connectivity index (χ1v) is 12.5. The van der Waals surface area contributed by atoms with Gasteiger partial charge in [0.25, 0.3) is 0 Å².